The summed E-state index contributed by atoms with van der Waals surface area (Å²) in [6.45, 7) is 3.95. The molecule has 0 aliphatic carbocycles. The average molecular weight is 405 g/mol. The second kappa shape index (κ2) is 8.68. The number of carbonyl (C=O) groups is 1. The monoisotopic (exact) mass is 404 g/mol. The Kier molecular flexibility index (Phi) is 6.32. The van der Waals surface area contributed by atoms with Gasteiger partial charge in [-0.3, -0.25) is 4.79 Å². The average Bonchev–Trinajstić information content (AvgIpc) is 2.62. The van der Waals surface area contributed by atoms with E-state index in [9.17, 15) is 4.79 Å². The van der Waals surface area contributed by atoms with Crippen molar-refractivity contribution in [3.8, 4) is 5.75 Å². The van der Waals surface area contributed by atoms with Gasteiger partial charge in [0.15, 0.2) is 0 Å². The predicted molar refractivity (Wildman–Crippen MR) is 105 cm³/mol. The van der Waals surface area contributed by atoms with Crippen LogP contribution >= 0.6 is 15.9 Å². The predicted octanol–water partition coefficient (Wildman–Crippen LogP) is 3.76. The van der Waals surface area contributed by atoms with Gasteiger partial charge in [0.1, 0.15) is 5.75 Å². The molecule has 0 unspecified atom stereocenters. The van der Waals surface area contributed by atoms with E-state index < -0.39 is 0 Å². The van der Waals surface area contributed by atoms with Crippen LogP contribution in [0.1, 0.15) is 24.8 Å². The molecule has 134 valence electrons. The Morgan fingerprint density at radius 1 is 1.20 bits per heavy atom. The molecule has 4 nitrogen and oxygen atoms in total. The molecule has 0 radical (unpaired) electrons. The van der Waals surface area contributed by atoms with E-state index in [0.29, 0.717) is 13.0 Å². The van der Waals surface area contributed by atoms with Crippen LogP contribution in [0.25, 0.3) is 10.8 Å². The molecule has 0 saturated carbocycles. The van der Waals surface area contributed by atoms with E-state index in [1.54, 1.807) is 7.11 Å². The number of ether oxygens (including phenoxy) is 1. The zero-order valence-electron chi connectivity index (χ0n) is 14.7. The summed E-state index contributed by atoms with van der Waals surface area (Å²) in [5.41, 5.74) is 0.947. The van der Waals surface area contributed by atoms with E-state index >= 15 is 0 Å². The molecule has 1 saturated heterocycles. The number of rotatable bonds is 6. The number of piperidine rings is 1. The van der Waals surface area contributed by atoms with Crippen LogP contribution in [0.3, 0.4) is 0 Å². The van der Waals surface area contributed by atoms with Crippen LogP contribution in [0.5, 0.6) is 5.75 Å². The smallest absolute Gasteiger partial charge is 0.224 e. The summed E-state index contributed by atoms with van der Waals surface area (Å²) >= 11 is 3.50. The van der Waals surface area contributed by atoms with E-state index in [4.69, 9.17) is 4.74 Å². The molecular formula is C20H25BrN2O2. The molecule has 3 rings (SSSR count). The third-order valence-corrected chi connectivity index (χ3v) is 5.30. The van der Waals surface area contributed by atoms with Crippen molar-refractivity contribution in [2.45, 2.75) is 25.7 Å². The highest BCUT2D eigenvalue weighted by molar-refractivity contribution is 9.10. The third kappa shape index (κ3) is 4.73. The number of halogens is 1. The van der Waals surface area contributed by atoms with Crippen LogP contribution in [0.15, 0.2) is 34.8 Å². The molecule has 0 spiro atoms. The zero-order chi connectivity index (χ0) is 17.6. The summed E-state index contributed by atoms with van der Waals surface area (Å²) in [7, 11) is 1.65. The fourth-order valence-corrected chi connectivity index (χ4v) is 3.86. The summed E-state index contributed by atoms with van der Waals surface area (Å²) in [5.74, 6) is 0.812. The van der Waals surface area contributed by atoms with Gasteiger partial charge in [0.2, 0.25) is 5.91 Å². The van der Waals surface area contributed by atoms with Crippen molar-refractivity contribution in [1.82, 2.24) is 10.2 Å². The highest BCUT2D eigenvalue weighted by Gasteiger charge is 2.14. The topological polar surface area (TPSA) is 41.6 Å². The van der Waals surface area contributed by atoms with Gasteiger partial charge < -0.3 is 15.0 Å². The van der Waals surface area contributed by atoms with Crippen molar-refractivity contribution in [2.24, 2.45) is 0 Å². The number of nitrogens with one attached hydrogen (secondary N) is 1. The molecule has 1 N–H and O–H groups in total. The lowest BCUT2D eigenvalue weighted by Gasteiger charge is -2.26. The van der Waals surface area contributed by atoms with Gasteiger partial charge in [-0.15, -0.1) is 0 Å². The largest absolute Gasteiger partial charge is 0.496 e. The Labute approximate surface area is 157 Å². The lowest BCUT2D eigenvalue weighted by molar-refractivity contribution is -0.120. The van der Waals surface area contributed by atoms with E-state index in [0.717, 1.165) is 46.2 Å². The van der Waals surface area contributed by atoms with Crippen LogP contribution in [-0.2, 0) is 11.2 Å². The number of carbonyl (C=O) groups excluding carboxylic acids is 1. The molecule has 1 aliphatic rings. The SMILES string of the molecule is COc1ccc2cc(Br)ccc2c1CC(=O)NCCN1CCCCC1. The number of amides is 1. The molecule has 0 aromatic heterocycles. The lowest BCUT2D eigenvalue weighted by Crippen LogP contribution is -2.38. The molecule has 5 heteroatoms. The maximum atomic E-state index is 12.4. The number of methoxy groups -OCH3 is 1. The van der Waals surface area contributed by atoms with Crippen molar-refractivity contribution >= 4 is 32.6 Å². The van der Waals surface area contributed by atoms with Crippen molar-refractivity contribution in [2.75, 3.05) is 33.3 Å². The summed E-state index contributed by atoms with van der Waals surface area (Å²) < 4.78 is 6.51. The van der Waals surface area contributed by atoms with Gasteiger partial charge in [-0.2, -0.15) is 0 Å². The summed E-state index contributed by atoms with van der Waals surface area (Å²) in [5, 5.41) is 5.23. The molecule has 1 aliphatic heterocycles. The van der Waals surface area contributed by atoms with Gasteiger partial charge in [-0.25, -0.2) is 0 Å². The summed E-state index contributed by atoms with van der Waals surface area (Å²) in [6, 6.07) is 10.1. The fraction of sp³-hybridized carbons (Fsp3) is 0.450. The highest BCUT2D eigenvalue weighted by atomic mass is 79.9. The molecule has 1 amide bonds. The minimum atomic E-state index is 0.0470. The standard InChI is InChI=1S/C20H25BrN2O2/c1-25-19-8-5-15-13-16(21)6-7-17(15)18(19)14-20(24)22-9-12-23-10-3-2-4-11-23/h5-8,13H,2-4,9-12,14H2,1H3,(H,22,24). The van der Waals surface area contributed by atoms with E-state index in [2.05, 4.69) is 32.2 Å². The summed E-state index contributed by atoms with van der Waals surface area (Å²) in [4.78, 5) is 14.9. The first-order chi connectivity index (χ1) is 12.2. The Morgan fingerprint density at radius 3 is 2.76 bits per heavy atom. The molecule has 0 atom stereocenters. The van der Waals surface area contributed by atoms with E-state index in [-0.39, 0.29) is 5.91 Å². The highest BCUT2D eigenvalue weighted by Crippen LogP contribution is 2.30. The Balaban J connectivity index is 1.65. The quantitative estimate of drug-likeness (QED) is 0.796. The Bertz CT molecular complexity index is 742. The summed E-state index contributed by atoms with van der Waals surface area (Å²) in [6.07, 6.45) is 4.22. The number of hydrogen-bond donors (Lipinski definition) is 1. The van der Waals surface area contributed by atoms with Gasteiger partial charge in [-0.05, 0) is 54.9 Å². The van der Waals surface area contributed by atoms with Crippen LogP contribution < -0.4 is 10.1 Å². The molecule has 1 heterocycles. The first-order valence-electron chi connectivity index (χ1n) is 8.91. The van der Waals surface area contributed by atoms with Crippen LogP contribution in [-0.4, -0.2) is 44.1 Å². The van der Waals surface area contributed by atoms with Crippen molar-refractivity contribution < 1.29 is 9.53 Å². The van der Waals surface area contributed by atoms with Crippen LogP contribution in [0.4, 0.5) is 0 Å². The van der Waals surface area contributed by atoms with Crippen molar-refractivity contribution in [1.29, 1.82) is 0 Å². The maximum Gasteiger partial charge on any atom is 0.224 e. The van der Waals surface area contributed by atoms with Gasteiger partial charge in [0, 0.05) is 23.1 Å². The number of likely N-dealkylation sites (tertiary alicyclic amines) is 1. The third-order valence-electron chi connectivity index (χ3n) is 4.81. The first-order valence-corrected chi connectivity index (χ1v) is 9.71. The number of fused-ring (bicyclic) bond motifs is 1. The molecule has 2 aromatic rings. The van der Waals surface area contributed by atoms with Crippen molar-refractivity contribution in [3.05, 3.63) is 40.4 Å². The molecule has 1 fully saturated rings. The Hall–Kier alpha value is -1.59. The van der Waals surface area contributed by atoms with E-state index in [1.807, 2.05) is 24.3 Å². The van der Waals surface area contributed by atoms with Gasteiger partial charge in [-0.1, -0.05) is 34.5 Å². The van der Waals surface area contributed by atoms with Gasteiger partial charge >= 0.3 is 0 Å². The normalized spacial score (nSPS) is 15.3. The number of benzene rings is 2. The molecular weight excluding hydrogens is 380 g/mol. The second-order valence-electron chi connectivity index (χ2n) is 6.54. The first kappa shape index (κ1) is 18.2. The van der Waals surface area contributed by atoms with Crippen LogP contribution in [0.2, 0.25) is 0 Å². The second-order valence-corrected chi connectivity index (χ2v) is 7.46. The molecule has 2 aromatic carbocycles. The van der Waals surface area contributed by atoms with E-state index in [1.165, 1.54) is 19.3 Å². The fourth-order valence-electron chi connectivity index (χ4n) is 3.48. The molecule has 0 bridgehead atoms. The number of nitrogens with zero attached hydrogens (tertiary/aromatic N) is 1. The molecule has 25 heavy (non-hydrogen) atoms. The van der Waals surface area contributed by atoms with Gasteiger partial charge in [0.25, 0.3) is 0 Å². The van der Waals surface area contributed by atoms with Crippen molar-refractivity contribution in [3.63, 3.8) is 0 Å². The minimum Gasteiger partial charge on any atom is -0.496 e. The Morgan fingerprint density at radius 2 is 2.00 bits per heavy atom. The number of hydrogen-bond acceptors (Lipinski definition) is 3. The van der Waals surface area contributed by atoms with Crippen LogP contribution in [0, 0.1) is 0 Å². The maximum absolute atomic E-state index is 12.4. The minimum absolute atomic E-state index is 0.0470. The zero-order valence-corrected chi connectivity index (χ0v) is 16.3. The lowest BCUT2D eigenvalue weighted by atomic mass is 10.0. The van der Waals surface area contributed by atoms with Gasteiger partial charge in [0.05, 0.1) is 13.5 Å².